The predicted octanol–water partition coefficient (Wildman–Crippen LogP) is 4.18. The van der Waals surface area contributed by atoms with Crippen LogP contribution in [-0.4, -0.2) is 0 Å². The van der Waals surface area contributed by atoms with E-state index in [0.29, 0.717) is 0 Å². The van der Waals surface area contributed by atoms with Gasteiger partial charge in [-0.2, -0.15) is 0 Å². The molecule has 3 heteroatoms. The van der Waals surface area contributed by atoms with E-state index in [1.165, 1.54) is 0 Å². The van der Waals surface area contributed by atoms with E-state index < -0.39 is 0 Å². The maximum Gasteiger partial charge on any atom is 0.197 e. The molecule has 0 saturated carbocycles. The van der Waals surface area contributed by atoms with Gasteiger partial charge in [0.05, 0.1) is 5.39 Å². The Bertz CT molecular complexity index is 746. The minimum absolute atomic E-state index is 0.108. The number of benzene rings is 2. The third-order valence-electron chi connectivity index (χ3n) is 2.55. The minimum atomic E-state index is 0.108. The van der Waals surface area contributed by atoms with Gasteiger partial charge in [-0.15, -0.1) is 11.3 Å². The second-order valence-corrected chi connectivity index (χ2v) is 5.48. The Labute approximate surface area is 104 Å². The smallest absolute Gasteiger partial charge is 0.197 e. The monoisotopic (exact) mass is 290 g/mol. The number of fused-ring (bicyclic) bond motifs is 2. The normalized spacial score (nSPS) is 11.1. The van der Waals surface area contributed by atoms with Crippen LogP contribution in [0.1, 0.15) is 0 Å². The molecular formula is C13H7BrOS. The minimum Gasteiger partial charge on any atom is -0.288 e. The van der Waals surface area contributed by atoms with Gasteiger partial charge in [-0.1, -0.05) is 18.2 Å². The molecule has 0 amide bonds. The quantitative estimate of drug-likeness (QED) is 0.568. The van der Waals surface area contributed by atoms with Crippen LogP contribution in [0.5, 0.6) is 0 Å². The Hall–Kier alpha value is -1.19. The summed E-state index contributed by atoms with van der Waals surface area (Å²) in [5.74, 6) is 0. The molecule has 0 saturated heterocycles. The molecule has 0 bridgehead atoms. The standard InChI is InChI=1S/C13H7BrOS/c14-9-5-3-7-11-12(9)13(15)8-4-1-2-6-10(8)16-11/h1-7H. The molecule has 3 rings (SSSR count). The van der Waals surface area contributed by atoms with Crippen molar-refractivity contribution in [3.05, 3.63) is 57.2 Å². The SMILES string of the molecule is O=c1c2ccccc2sc2cccc(Br)c12. The summed E-state index contributed by atoms with van der Waals surface area (Å²) in [5, 5.41) is 1.58. The van der Waals surface area contributed by atoms with Crippen LogP contribution in [0.3, 0.4) is 0 Å². The molecule has 16 heavy (non-hydrogen) atoms. The van der Waals surface area contributed by atoms with Crippen molar-refractivity contribution < 1.29 is 0 Å². The molecule has 0 N–H and O–H groups in total. The molecule has 0 aliphatic rings. The number of halogens is 1. The fraction of sp³-hybridized carbons (Fsp3) is 0. The first-order valence-corrected chi connectivity index (χ1v) is 6.48. The summed E-state index contributed by atoms with van der Waals surface area (Å²) in [5.41, 5.74) is 0.108. The lowest BCUT2D eigenvalue weighted by atomic mass is 10.2. The first kappa shape index (κ1) is 10.00. The zero-order valence-corrected chi connectivity index (χ0v) is 10.6. The van der Waals surface area contributed by atoms with Gasteiger partial charge < -0.3 is 0 Å². The lowest BCUT2D eigenvalue weighted by Crippen LogP contribution is -2.01. The van der Waals surface area contributed by atoms with Crippen LogP contribution in [0.15, 0.2) is 51.7 Å². The molecule has 0 spiro atoms. The van der Waals surface area contributed by atoms with Crippen molar-refractivity contribution in [2.24, 2.45) is 0 Å². The summed E-state index contributed by atoms with van der Waals surface area (Å²) in [4.78, 5) is 12.3. The Balaban J connectivity index is 2.67. The van der Waals surface area contributed by atoms with Gasteiger partial charge in [0.2, 0.25) is 0 Å². The van der Waals surface area contributed by atoms with E-state index in [2.05, 4.69) is 15.9 Å². The van der Waals surface area contributed by atoms with Crippen LogP contribution in [0.4, 0.5) is 0 Å². The van der Waals surface area contributed by atoms with Gasteiger partial charge in [0, 0.05) is 19.3 Å². The molecule has 1 heterocycles. The van der Waals surface area contributed by atoms with Crippen molar-refractivity contribution >= 4 is 47.4 Å². The molecule has 2 aromatic carbocycles. The first-order valence-electron chi connectivity index (χ1n) is 4.87. The van der Waals surface area contributed by atoms with E-state index in [-0.39, 0.29) is 5.43 Å². The van der Waals surface area contributed by atoms with E-state index in [1.807, 2.05) is 42.5 Å². The third kappa shape index (κ3) is 1.39. The Morgan fingerprint density at radius 1 is 0.938 bits per heavy atom. The fourth-order valence-corrected chi connectivity index (χ4v) is 3.59. The molecule has 1 nitrogen and oxygen atoms in total. The Morgan fingerprint density at radius 2 is 1.69 bits per heavy atom. The summed E-state index contributed by atoms with van der Waals surface area (Å²) < 4.78 is 2.94. The molecule has 0 radical (unpaired) electrons. The molecule has 0 unspecified atom stereocenters. The molecule has 0 aliphatic carbocycles. The zero-order valence-electron chi connectivity index (χ0n) is 8.24. The average molecular weight is 291 g/mol. The van der Waals surface area contributed by atoms with Crippen molar-refractivity contribution in [3.63, 3.8) is 0 Å². The highest BCUT2D eigenvalue weighted by atomic mass is 79.9. The molecule has 3 aromatic rings. The lowest BCUT2D eigenvalue weighted by molar-refractivity contribution is 1.71. The lowest BCUT2D eigenvalue weighted by Gasteiger charge is -2.01. The van der Waals surface area contributed by atoms with Crippen LogP contribution in [0.25, 0.3) is 20.2 Å². The molecule has 1 aromatic heterocycles. The van der Waals surface area contributed by atoms with Crippen molar-refractivity contribution in [1.82, 2.24) is 0 Å². The summed E-state index contributed by atoms with van der Waals surface area (Å²) >= 11 is 5.09. The van der Waals surface area contributed by atoms with Gasteiger partial charge in [-0.25, -0.2) is 0 Å². The highest BCUT2D eigenvalue weighted by Crippen LogP contribution is 2.28. The van der Waals surface area contributed by atoms with Crippen LogP contribution < -0.4 is 5.43 Å². The maximum atomic E-state index is 12.3. The summed E-state index contributed by atoms with van der Waals surface area (Å²) in [7, 11) is 0. The molecular weight excluding hydrogens is 284 g/mol. The van der Waals surface area contributed by atoms with Gasteiger partial charge in [0.1, 0.15) is 0 Å². The molecule has 0 aliphatic heterocycles. The predicted molar refractivity (Wildman–Crippen MR) is 73.3 cm³/mol. The van der Waals surface area contributed by atoms with E-state index in [0.717, 1.165) is 24.6 Å². The molecule has 0 fully saturated rings. The Kier molecular flexibility index (Phi) is 2.30. The van der Waals surface area contributed by atoms with Crippen LogP contribution in [0, 0.1) is 0 Å². The van der Waals surface area contributed by atoms with Crippen LogP contribution in [-0.2, 0) is 0 Å². The van der Waals surface area contributed by atoms with Crippen LogP contribution in [0.2, 0.25) is 0 Å². The van der Waals surface area contributed by atoms with Crippen molar-refractivity contribution in [2.45, 2.75) is 0 Å². The zero-order chi connectivity index (χ0) is 11.1. The summed E-state index contributed by atoms with van der Waals surface area (Å²) in [6.07, 6.45) is 0. The third-order valence-corrected chi connectivity index (χ3v) is 4.35. The van der Waals surface area contributed by atoms with E-state index in [1.54, 1.807) is 11.3 Å². The first-order chi connectivity index (χ1) is 7.77. The van der Waals surface area contributed by atoms with Crippen LogP contribution >= 0.6 is 27.3 Å². The Morgan fingerprint density at radius 3 is 2.56 bits per heavy atom. The number of rotatable bonds is 0. The average Bonchev–Trinajstić information content (AvgIpc) is 2.29. The topological polar surface area (TPSA) is 17.1 Å². The molecule has 0 atom stereocenters. The number of hydrogen-bond donors (Lipinski definition) is 0. The van der Waals surface area contributed by atoms with Crippen molar-refractivity contribution in [2.75, 3.05) is 0 Å². The van der Waals surface area contributed by atoms with Gasteiger partial charge in [0.15, 0.2) is 5.43 Å². The largest absolute Gasteiger partial charge is 0.288 e. The second kappa shape index (κ2) is 3.68. The van der Waals surface area contributed by atoms with Gasteiger partial charge in [-0.05, 0) is 40.2 Å². The van der Waals surface area contributed by atoms with E-state index in [9.17, 15) is 4.79 Å². The highest BCUT2D eigenvalue weighted by molar-refractivity contribution is 9.10. The number of hydrogen-bond acceptors (Lipinski definition) is 2. The van der Waals surface area contributed by atoms with Gasteiger partial charge in [-0.3, -0.25) is 4.79 Å². The summed E-state index contributed by atoms with van der Waals surface area (Å²) in [6.45, 7) is 0. The highest BCUT2D eigenvalue weighted by Gasteiger charge is 2.07. The van der Waals surface area contributed by atoms with Gasteiger partial charge >= 0.3 is 0 Å². The summed E-state index contributed by atoms with van der Waals surface area (Å²) in [6, 6.07) is 13.6. The second-order valence-electron chi connectivity index (χ2n) is 3.54. The van der Waals surface area contributed by atoms with Crippen molar-refractivity contribution in [1.29, 1.82) is 0 Å². The van der Waals surface area contributed by atoms with E-state index in [4.69, 9.17) is 0 Å². The molecule has 78 valence electrons. The maximum absolute atomic E-state index is 12.3. The van der Waals surface area contributed by atoms with Gasteiger partial charge in [0.25, 0.3) is 0 Å². The van der Waals surface area contributed by atoms with Crippen molar-refractivity contribution in [3.8, 4) is 0 Å². The fourth-order valence-electron chi connectivity index (χ4n) is 1.81. The van der Waals surface area contributed by atoms with E-state index >= 15 is 0 Å².